The van der Waals surface area contributed by atoms with Gasteiger partial charge in [0.2, 0.25) is 0 Å². The SMILES string of the molecule is Cn1c(C(=O)N[C@@H]2CCOc3c2cnc(C(N)=O)c3F)cc2ccc(Cl)cc21. The van der Waals surface area contributed by atoms with E-state index in [4.69, 9.17) is 22.1 Å². The van der Waals surface area contributed by atoms with Gasteiger partial charge in [-0.05, 0) is 18.2 Å². The molecule has 1 atom stereocenters. The van der Waals surface area contributed by atoms with Gasteiger partial charge >= 0.3 is 0 Å². The Kier molecular flexibility index (Phi) is 4.43. The highest BCUT2D eigenvalue weighted by Gasteiger charge is 2.30. The van der Waals surface area contributed by atoms with Crippen molar-refractivity contribution in [1.29, 1.82) is 0 Å². The van der Waals surface area contributed by atoms with E-state index in [0.717, 1.165) is 10.9 Å². The van der Waals surface area contributed by atoms with Crippen LogP contribution in [-0.4, -0.2) is 28.0 Å². The molecule has 9 heteroatoms. The van der Waals surface area contributed by atoms with Gasteiger partial charge in [0.15, 0.2) is 17.3 Å². The molecular formula is C19H16ClFN4O3. The van der Waals surface area contributed by atoms with Crippen molar-refractivity contribution in [1.82, 2.24) is 14.9 Å². The minimum Gasteiger partial charge on any atom is -0.490 e. The molecule has 3 aromatic rings. The number of hydrogen-bond donors (Lipinski definition) is 2. The Labute approximate surface area is 164 Å². The third-order valence-corrected chi connectivity index (χ3v) is 5.04. The number of primary amides is 1. The van der Waals surface area contributed by atoms with E-state index in [2.05, 4.69) is 10.3 Å². The van der Waals surface area contributed by atoms with Crippen molar-refractivity contribution in [2.75, 3.05) is 6.61 Å². The molecule has 0 fully saturated rings. The van der Waals surface area contributed by atoms with Gasteiger partial charge in [-0.15, -0.1) is 0 Å². The maximum atomic E-state index is 14.5. The second kappa shape index (κ2) is 6.79. The summed E-state index contributed by atoms with van der Waals surface area (Å²) in [5.41, 5.74) is 6.26. The van der Waals surface area contributed by atoms with Crippen LogP contribution in [0.1, 0.15) is 39.0 Å². The fourth-order valence-electron chi connectivity index (χ4n) is 3.39. The summed E-state index contributed by atoms with van der Waals surface area (Å²) in [6.45, 7) is 0.182. The van der Waals surface area contributed by atoms with E-state index in [1.165, 1.54) is 6.20 Å². The van der Waals surface area contributed by atoms with Crippen LogP contribution in [0.2, 0.25) is 5.02 Å². The van der Waals surface area contributed by atoms with Crippen molar-refractivity contribution >= 4 is 34.3 Å². The monoisotopic (exact) mass is 402 g/mol. The molecule has 0 bridgehead atoms. The largest absolute Gasteiger partial charge is 0.490 e. The predicted molar refractivity (Wildman–Crippen MR) is 101 cm³/mol. The lowest BCUT2D eigenvalue weighted by Gasteiger charge is -2.27. The number of nitrogens with two attached hydrogens (primary N) is 1. The number of ether oxygens (including phenoxy) is 1. The number of carbonyl (C=O) groups is 2. The van der Waals surface area contributed by atoms with Crippen molar-refractivity contribution in [3.8, 4) is 5.75 Å². The van der Waals surface area contributed by atoms with Gasteiger partial charge in [-0.1, -0.05) is 17.7 Å². The van der Waals surface area contributed by atoms with E-state index < -0.39 is 23.5 Å². The van der Waals surface area contributed by atoms with Crippen LogP contribution in [0.4, 0.5) is 4.39 Å². The van der Waals surface area contributed by atoms with Crippen molar-refractivity contribution in [3.63, 3.8) is 0 Å². The number of aromatic nitrogens is 2. The first-order valence-electron chi connectivity index (χ1n) is 8.53. The fourth-order valence-corrected chi connectivity index (χ4v) is 3.55. The molecule has 28 heavy (non-hydrogen) atoms. The number of fused-ring (bicyclic) bond motifs is 2. The van der Waals surface area contributed by atoms with Gasteiger partial charge in [-0.3, -0.25) is 9.59 Å². The summed E-state index contributed by atoms with van der Waals surface area (Å²) in [6.07, 6.45) is 1.75. The minimum absolute atomic E-state index is 0.107. The zero-order chi connectivity index (χ0) is 20.0. The second-order valence-corrected chi connectivity index (χ2v) is 6.96. The van der Waals surface area contributed by atoms with Crippen LogP contribution in [0.25, 0.3) is 10.9 Å². The number of rotatable bonds is 3. The van der Waals surface area contributed by atoms with Crippen molar-refractivity contribution < 1.29 is 18.7 Å². The summed E-state index contributed by atoms with van der Waals surface area (Å²) in [5, 5.41) is 4.34. The molecule has 3 N–H and O–H groups in total. The lowest BCUT2D eigenvalue weighted by atomic mass is 10.0. The zero-order valence-electron chi connectivity index (χ0n) is 14.8. The molecule has 2 amide bonds. The standard InChI is InChI=1S/C19H16ClFN4O3/c1-25-13-7-10(20)3-2-9(13)6-14(25)19(27)24-12-4-5-28-17-11(12)8-23-16(15(17)21)18(22)26/h2-3,6-8,12H,4-5H2,1H3,(H2,22,26)(H,24,27)/t12-/m1/s1. The molecule has 4 rings (SSSR count). The first-order valence-corrected chi connectivity index (χ1v) is 8.91. The molecule has 1 aliphatic heterocycles. The van der Waals surface area contributed by atoms with Crippen LogP contribution >= 0.6 is 11.6 Å². The van der Waals surface area contributed by atoms with Crippen LogP contribution < -0.4 is 15.8 Å². The number of halogens is 2. The Morgan fingerprint density at radius 3 is 2.93 bits per heavy atom. The predicted octanol–water partition coefficient (Wildman–Crippen LogP) is 2.72. The summed E-state index contributed by atoms with van der Waals surface area (Å²) in [4.78, 5) is 27.9. The molecule has 0 unspecified atom stereocenters. The van der Waals surface area contributed by atoms with Crippen LogP contribution in [0.15, 0.2) is 30.5 Å². The maximum Gasteiger partial charge on any atom is 0.270 e. The van der Waals surface area contributed by atoms with E-state index in [1.807, 2.05) is 6.07 Å². The lowest BCUT2D eigenvalue weighted by Crippen LogP contribution is -2.34. The molecule has 0 saturated carbocycles. The van der Waals surface area contributed by atoms with Gasteiger partial charge in [0.1, 0.15) is 5.69 Å². The Bertz CT molecular complexity index is 1130. The lowest BCUT2D eigenvalue weighted by molar-refractivity contribution is 0.0912. The highest BCUT2D eigenvalue weighted by atomic mass is 35.5. The number of nitrogens with zero attached hydrogens (tertiary/aromatic N) is 2. The molecule has 1 aliphatic rings. The van der Waals surface area contributed by atoms with Gasteiger partial charge in [-0.2, -0.15) is 0 Å². The quantitative estimate of drug-likeness (QED) is 0.703. The highest BCUT2D eigenvalue weighted by Crippen LogP contribution is 2.35. The Morgan fingerprint density at radius 2 is 2.18 bits per heavy atom. The number of pyridine rings is 1. The number of amides is 2. The van der Waals surface area contributed by atoms with Crippen LogP contribution in [0, 0.1) is 5.82 Å². The molecule has 0 aliphatic carbocycles. The van der Waals surface area contributed by atoms with E-state index in [-0.39, 0.29) is 18.3 Å². The summed E-state index contributed by atoms with van der Waals surface area (Å²) < 4.78 is 21.6. The minimum atomic E-state index is -0.982. The highest BCUT2D eigenvalue weighted by molar-refractivity contribution is 6.31. The third-order valence-electron chi connectivity index (χ3n) is 4.81. The molecule has 2 aromatic heterocycles. The van der Waals surface area contributed by atoms with Crippen LogP contribution in [0.3, 0.4) is 0 Å². The van der Waals surface area contributed by atoms with Crippen molar-refractivity contribution in [2.45, 2.75) is 12.5 Å². The average molecular weight is 403 g/mol. The molecule has 7 nitrogen and oxygen atoms in total. The molecular weight excluding hydrogens is 387 g/mol. The van der Waals surface area contributed by atoms with E-state index in [9.17, 15) is 14.0 Å². The zero-order valence-corrected chi connectivity index (χ0v) is 15.6. The summed E-state index contributed by atoms with van der Waals surface area (Å²) >= 11 is 6.04. The van der Waals surface area contributed by atoms with Crippen molar-refractivity contribution in [2.24, 2.45) is 12.8 Å². The number of carbonyl (C=O) groups excluding carboxylic acids is 2. The fraction of sp³-hybridized carbons (Fsp3) is 0.211. The van der Waals surface area contributed by atoms with E-state index >= 15 is 0 Å². The smallest absolute Gasteiger partial charge is 0.270 e. The number of nitrogens with one attached hydrogen (secondary N) is 1. The second-order valence-electron chi connectivity index (χ2n) is 6.52. The van der Waals surface area contributed by atoms with Crippen LogP contribution in [-0.2, 0) is 7.05 Å². The van der Waals surface area contributed by atoms with Gasteiger partial charge in [0, 0.05) is 41.2 Å². The summed E-state index contributed by atoms with van der Waals surface area (Å²) in [7, 11) is 1.77. The normalized spacial score (nSPS) is 15.8. The molecule has 3 heterocycles. The Balaban J connectivity index is 1.66. The third kappa shape index (κ3) is 2.95. The Morgan fingerprint density at radius 1 is 1.39 bits per heavy atom. The summed E-state index contributed by atoms with van der Waals surface area (Å²) in [6, 6.07) is 6.62. The van der Waals surface area contributed by atoms with Gasteiger partial charge in [0.25, 0.3) is 11.8 Å². The molecule has 0 radical (unpaired) electrons. The Hall–Kier alpha value is -3.13. The van der Waals surface area contributed by atoms with Gasteiger partial charge in [0.05, 0.1) is 12.6 Å². The molecule has 0 saturated heterocycles. The maximum absolute atomic E-state index is 14.5. The van der Waals surface area contributed by atoms with Gasteiger partial charge in [-0.25, -0.2) is 9.37 Å². The van der Waals surface area contributed by atoms with Gasteiger partial charge < -0.3 is 20.4 Å². The first-order chi connectivity index (χ1) is 13.4. The number of benzene rings is 1. The van der Waals surface area contributed by atoms with Crippen molar-refractivity contribution in [3.05, 3.63) is 58.3 Å². The first kappa shape index (κ1) is 18.2. The average Bonchev–Trinajstić information content (AvgIpc) is 2.98. The van der Waals surface area contributed by atoms with Crippen LogP contribution in [0.5, 0.6) is 5.75 Å². The number of aryl methyl sites for hydroxylation is 1. The molecule has 144 valence electrons. The number of hydrogen-bond acceptors (Lipinski definition) is 4. The molecule has 0 spiro atoms. The molecule has 1 aromatic carbocycles. The van der Waals surface area contributed by atoms with E-state index in [0.29, 0.717) is 22.7 Å². The summed E-state index contributed by atoms with van der Waals surface area (Å²) in [5.74, 6) is -2.33. The van der Waals surface area contributed by atoms with E-state index in [1.54, 1.807) is 29.8 Å². The topological polar surface area (TPSA) is 99.2 Å².